The highest BCUT2D eigenvalue weighted by atomic mass is 32.2. The van der Waals surface area contributed by atoms with Crippen molar-refractivity contribution in [2.24, 2.45) is 7.05 Å². The van der Waals surface area contributed by atoms with Crippen LogP contribution in [0.3, 0.4) is 0 Å². The quantitative estimate of drug-likeness (QED) is 0.112. The van der Waals surface area contributed by atoms with Crippen molar-refractivity contribution in [2.75, 3.05) is 47.1 Å². The average molecular weight is 676 g/mol. The summed E-state index contributed by atoms with van der Waals surface area (Å²) >= 11 is 0. The molecule has 4 aromatic heterocycles. The van der Waals surface area contributed by atoms with Gasteiger partial charge in [-0.3, -0.25) is 14.0 Å². The topological polar surface area (TPSA) is 190 Å². The van der Waals surface area contributed by atoms with Crippen molar-refractivity contribution in [1.29, 1.82) is 5.26 Å². The fourth-order valence-electron chi connectivity index (χ4n) is 6.29. The van der Waals surface area contributed by atoms with E-state index in [0.717, 1.165) is 31.9 Å². The fraction of sp³-hybridized carbons (Fsp3) is 0.452. The van der Waals surface area contributed by atoms with Gasteiger partial charge in [0.25, 0.3) is 0 Å². The first kappa shape index (κ1) is 32.8. The number of ether oxygens (including phenoxy) is 2. The molecule has 1 unspecified atom stereocenters. The van der Waals surface area contributed by atoms with Gasteiger partial charge in [-0.1, -0.05) is 4.98 Å². The molecular weight excluding hydrogens is 638 g/mol. The second kappa shape index (κ2) is 13.6. The van der Waals surface area contributed by atoms with Gasteiger partial charge in [0.15, 0.2) is 11.5 Å². The number of pyridine rings is 2. The van der Waals surface area contributed by atoms with Crippen molar-refractivity contribution in [2.45, 2.75) is 50.8 Å². The first-order valence-corrected chi connectivity index (χ1v) is 17.4. The van der Waals surface area contributed by atoms with Gasteiger partial charge in [-0.25, -0.2) is 23.0 Å². The van der Waals surface area contributed by atoms with Crippen molar-refractivity contribution < 1.29 is 22.6 Å². The van der Waals surface area contributed by atoms with Crippen LogP contribution >= 0.6 is 0 Å². The number of hydrogen-bond acceptors (Lipinski definition) is 13. The van der Waals surface area contributed by atoms with Crippen molar-refractivity contribution in [3.8, 4) is 11.9 Å². The molecule has 48 heavy (non-hydrogen) atoms. The van der Waals surface area contributed by atoms with Gasteiger partial charge in [0.05, 0.1) is 55.3 Å². The molecule has 0 spiro atoms. The lowest BCUT2D eigenvalue weighted by Gasteiger charge is -2.31. The van der Waals surface area contributed by atoms with Crippen molar-refractivity contribution in [1.82, 2.24) is 29.5 Å². The Balaban J connectivity index is 1.32. The Morgan fingerprint density at radius 1 is 1.15 bits per heavy atom. The summed E-state index contributed by atoms with van der Waals surface area (Å²) in [7, 11) is -2.21. The van der Waals surface area contributed by atoms with Crippen LogP contribution in [-0.2, 0) is 21.8 Å². The summed E-state index contributed by atoms with van der Waals surface area (Å²) in [5.74, 6) is 1.58. The zero-order chi connectivity index (χ0) is 34.0. The SMILES string of the molecule is C=[N+]([O-])c1ncc(C(C)N(c2cnc3cc(N4CCOCC4)nc(OC4CCC(Nc5nccnc5C#N)CC4)c3c2)S(C)(=O)=O)n1C. The molecule has 2 fully saturated rings. The van der Waals surface area contributed by atoms with Crippen molar-refractivity contribution >= 4 is 50.9 Å². The summed E-state index contributed by atoms with van der Waals surface area (Å²) in [6.45, 7) is 7.56. The maximum Gasteiger partial charge on any atom is 0.398 e. The van der Waals surface area contributed by atoms with Crippen LogP contribution in [0.4, 0.5) is 23.3 Å². The highest BCUT2D eigenvalue weighted by Gasteiger charge is 2.32. The Morgan fingerprint density at radius 3 is 2.54 bits per heavy atom. The van der Waals surface area contributed by atoms with Gasteiger partial charge >= 0.3 is 5.95 Å². The molecule has 1 saturated heterocycles. The van der Waals surface area contributed by atoms with Gasteiger partial charge in [0, 0.05) is 44.3 Å². The molecule has 1 saturated carbocycles. The maximum atomic E-state index is 13.3. The zero-order valence-corrected chi connectivity index (χ0v) is 27.8. The molecule has 252 valence electrons. The molecular formula is C31H37N11O5S. The molecule has 2 aliphatic rings. The zero-order valence-electron chi connectivity index (χ0n) is 27.0. The van der Waals surface area contributed by atoms with Crippen LogP contribution in [0.15, 0.2) is 36.9 Å². The Labute approximate surface area is 278 Å². The van der Waals surface area contributed by atoms with Crippen LogP contribution in [0.2, 0.25) is 0 Å². The van der Waals surface area contributed by atoms with E-state index in [1.165, 1.54) is 27.5 Å². The van der Waals surface area contributed by atoms with Crippen LogP contribution in [0.25, 0.3) is 10.9 Å². The van der Waals surface area contributed by atoms with E-state index in [1.54, 1.807) is 26.2 Å². The normalized spacial score (nSPS) is 19.0. The number of rotatable bonds is 10. The standard InChI is InChI=1S/C31H37N11O5S/c1-20(27-19-36-31(39(27)2)40(3)43)42(48(4,44)45)22-15-24-25(35-18-22)16-28(41-11-13-46-14-12-41)38-30(24)47-23-7-5-21(6-8-23)37-29-26(17-32)33-9-10-34-29/h9-10,15-16,18-21,23H,3,5-8,11-14H2,1-2,4H3,(H,34,37). The molecule has 0 aromatic carbocycles. The van der Waals surface area contributed by atoms with E-state index in [-0.39, 0.29) is 23.8 Å². The minimum Gasteiger partial charge on any atom is -0.741 e. The summed E-state index contributed by atoms with van der Waals surface area (Å²) in [4.78, 5) is 24.2. The van der Waals surface area contributed by atoms with Gasteiger partial charge in [0.2, 0.25) is 15.9 Å². The third-order valence-electron chi connectivity index (χ3n) is 8.66. The van der Waals surface area contributed by atoms with Gasteiger partial charge in [-0.05, 0) is 38.7 Å². The minimum absolute atomic E-state index is 0.0459. The van der Waals surface area contributed by atoms with Crippen LogP contribution in [-0.4, -0.2) is 94.1 Å². The number of hydrogen-bond donors (Lipinski definition) is 1. The maximum absolute atomic E-state index is 13.3. The summed E-state index contributed by atoms with van der Waals surface area (Å²) in [5, 5.41) is 25.2. The average Bonchev–Trinajstić information content (AvgIpc) is 3.47. The van der Waals surface area contributed by atoms with Crippen LogP contribution < -0.4 is 19.3 Å². The molecule has 4 aromatic rings. The smallest absolute Gasteiger partial charge is 0.398 e. The molecule has 0 bridgehead atoms. The predicted octanol–water partition coefficient (Wildman–Crippen LogP) is 3.03. The van der Waals surface area contributed by atoms with E-state index in [4.69, 9.17) is 19.4 Å². The lowest BCUT2D eigenvalue weighted by atomic mass is 9.93. The number of fused-ring (bicyclic) bond motifs is 1. The van der Waals surface area contributed by atoms with E-state index in [9.17, 15) is 18.9 Å². The van der Waals surface area contributed by atoms with E-state index in [0.29, 0.717) is 70.8 Å². The number of nitrogens with one attached hydrogen (secondary N) is 1. The van der Waals surface area contributed by atoms with E-state index >= 15 is 0 Å². The molecule has 0 radical (unpaired) electrons. The van der Waals surface area contributed by atoms with Crippen LogP contribution in [0, 0.1) is 16.5 Å². The Bertz CT molecular complexity index is 1970. The highest BCUT2D eigenvalue weighted by Crippen LogP contribution is 2.37. The predicted molar refractivity (Wildman–Crippen MR) is 179 cm³/mol. The lowest BCUT2D eigenvalue weighted by Crippen LogP contribution is -2.37. The van der Waals surface area contributed by atoms with Gasteiger partial charge < -0.3 is 24.9 Å². The number of imidazole rings is 1. The Morgan fingerprint density at radius 2 is 1.88 bits per heavy atom. The summed E-state index contributed by atoms with van der Waals surface area (Å²) in [6.07, 6.45) is 9.98. The van der Waals surface area contributed by atoms with Gasteiger partial charge in [0.1, 0.15) is 29.9 Å². The van der Waals surface area contributed by atoms with E-state index in [2.05, 4.69) is 38.0 Å². The Hall–Kier alpha value is -5.08. The molecule has 6 rings (SSSR count). The van der Waals surface area contributed by atoms with Crippen LogP contribution in [0.5, 0.6) is 5.88 Å². The van der Waals surface area contributed by atoms with Gasteiger partial charge in [-0.15, -0.1) is 0 Å². The molecule has 16 nitrogen and oxygen atoms in total. The first-order valence-electron chi connectivity index (χ1n) is 15.6. The van der Waals surface area contributed by atoms with E-state index < -0.39 is 16.1 Å². The molecule has 5 heterocycles. The van der Waals surface area contributed by atoms with Gasteiger partial charge in [-0.2, -0.15) is 10.2 Å². The lowest BCUT2D eigenvalue weighted by molar-refractivity contribution is -0.362. The van der Waals surface area contributed by atoms with E-state index in [1.807, 2.05) is 6.07 Å². The third-order valence-corrected chi connectivity index (χ3v) is 9.90. The highest BCUT2D eigenvalue weighted by molar-refractivity contribution is 7.92. The summed E-state index contributed by atoms with van der Waals surface area (Å²) in [5.41, 5.74) is 1.66. The first-order chi connectivity index (χ1) is 23.0. The number of nitrogens with zero attached hydrogens (tertiary/aromatic N) is 10. The molecule has 1 atom stereocenters. The monoisotopic (exact) mass is 675 g/mol. The van der Waals surface area contributed by atoms with Crippen LogP contribution in [0.1, 0.15) is 50.0 Å². The third kappa shape index (κ3) is 6.80. The molecule has 1 aliphatic carbocycles. The molecule has 0 amide bonds. The number of nitriles is 1. The molecule has 17 heteroatoms. The largest absolute Gasteiger partial charge is 0.741 e. The summed E-state index contributed by atoms with van der Waals surface area (Å²) < 4.78 is 41.9. The number of aromatic nitrogens is 6. The van der Waals surface area contributed by atoms with Crippen molar-refractivity contribution in [3.63, 3.8) is 0 Å². The minimum atomic E-state index is -3.84. The molecule has 1 N–H and O–H groups in total. The molecule has 1 aliphatic heterocycles. The number of morpholine rings is 1. The second-order valence-electron chi connectivity index (χ2n) is 11.9. The fourth-order valence-corrected chi connectivity index (χ4v) is 7.46. The Kier molecular flexibility index (Phi) is 9.29. The summed E-state index contributed by atoms with van der Waals surface area (Å²) in [6, 6.07) is 5.04. The van der Waals surface area contributed by atoms with Crippen molar-refractivity contribution in [3.05, 3.63) is 53.5 Å². The number of sulfonamides is 1. The number of anilines is 3. The second-order valence-corrected chi connectivity index (χ2v) is 13.8.